The van der Waals surface area contributed by atoms with E-state index in [9.17, 15) is 0 Å². The Kier molecular flexibility index (Phi) is 4.19. The highest BCUT2D eigenvalue weighted by atomic mass is 35.5. The van der Waals surface area contributed by atoms with Crippen LogP contribution in [0.15, 0.2) is 52.5 Å². The van der Waals surface area contributed by atoms with Crippen molar-refractivity contribution in [3.8, 4) is 0 Å². The Labute approximate surface area is 132 Å². The third kappa shape index (κ3) is 3.40. The Morgan fingerprint density at radius 3 is 2.81 bits per heavy atom. The van der Waals surface area contributed by atoms with E-state index in [0.717, 1.165) is 38.1 Å². The molecule has 0 saturated heterocycles. The zero-order valence-corrected chi connectivity index (χ0v) is 13.2. The molecule has 0 aliphatic heterocycles. The molecule has 1 unspecified atom stereocenters. The molecule has 3 aromatic rings. The van der Waals surface area contributed by atoms with Crippen LogP contribution in [-0.2, 0) is 6.42 Å². The van der Waals surface area contributed by atoms with E-state index in [-0.39, 0.29) is 6.04 Å². The van der Waals surface area contributed by atoms with Crippen molar-refractivity contribution in [2.75, 3.05) is 0 Å². The van der Waals surface area contributed by atoms with Crippen LogP contribution in [0.5, 0.6) is 0 Å². The summed E-state index contributed by atoms with van der Waals surface area (Å²) >= 11 is 7.90. The average molecular weight is 318 g/mol. The summed E-state index contributed by atoms with van der Waals surface area (Å²) in [5, 5.41) is 1.58. The van der Waals surface area contributed by atoms with Crippen molar-refractivity contribution in [1.29, 1.82) is 0 Å². The number of H-pyrrole nitrogens is 1. The van der Waals surface area contributed by atoms with Gasteiger partial charge in [-0.2, -0.15) is 0 Å². The molecule has 1 heterocycles. The van der Waals surface area contributed by atoms with Gasteiger partial charge in [-0.3, -0.25) is 0 Å². The molecule has 0 fully saturated rings. The first-order chi connectivity index (χ1) is 10.1. The second kappa shape index (κ2) is 6.10. The number of nitrogens with one attached hydrogen (secondary N) is 1. The van der Waals surface area contributed by atoms with Crippen LogP contribution in [0.25, 0.3) is 11.0 Å². The fourth-order valence-corrected chi connectivity index (χ4v) is 3.33. The van der Waals surface area contributed by atoms with Crippen molar-refractivity contribution in [1.82, 2.24) is 9.97 Å². The zero-order valence-electron chi connectivity index (χ0n) is 11.6. The maximum absolute atomic E-state index is 6.36. The molecule has 0 spiro atoms. The van der Waals surface area contributed by atoms with Crippen LogP contribution in [0.3, 0.4) is 0 Å². The van der Waals surface area contributed by atoms with Crippen LogP contribution in [0.4, 0.5) is 0 Å². The maximum atomic E-state index is 6.36. The average Bonchev–Trinajstić information content (AvgIpc) is 2.83. The van der Waals surface area contributed by atoms with E-state index in [4.69, 9.17) is 17.3 Å². The number of hydrogen-bond acceptors (Lipinski definition) is 3. The minimum Gasteiger partial charge on any atom is -0.333 e. The summed E-state index contributed by atoms with van der Waals surface area (Å²) in [7, 11) is 0. The molecule has 0 saturated carbocycles. The number of hydrogen-bond donors (Lipinski definition) is 2. The highest BCUT2D eigenvalue weighted by Gasteiger charge is 2.08. The number of fused-ring (bicyclic) bond motifs is 1. The van der Waals surface area contributed by atoms with Crippen molar-refractivity contribution >= 4 is 34.4 Å². The van der Waals surface area contributed by atoms with Gasteiger partial charge in [0.15, 0.2) is 5.16 Å². The molecule has 21 heavy (non-hydrogen) atoms. The van der Waals surface area contributed by atoms with Crippen molar-refractivity contribution in [3.05, 3.63) is 53.1 Å². The van der Waals surface area contributed by atoms with Gasteiger partial charge in [0.1, 0.15) is 0 Å². The van der Waals surface area contributed by atoms with E-state index in [0.29, 0.717) is 0 Å². The van der Waals surface area contributed by atoms with Crippen LogP contribution in [0.1, 0.15) is 12.5 Å². The fourth-order valence-electron chi connectivity index (χ4n) is 2.21. The molecule has 5 heteroatoms. The lowest BCUT2D eigenvalue weighted by Gasteiger charge is -2.08. The number of nitrogens with two attached hydrogens (primary N) is 1. The van der Waals surface area contributed by atoms with Gasteiger partial charge in [0.05, 0.1) is 16.1 Å². The summed E-state index contributed by atoms with van der Waals surface area (Å²) in [5.74, 6) is 0. The fraction of sp³-hybridized carbons (Fsp3) is 0.188. The quantitative estimate of drug-likeness (QED) is 0.756. The lowest BCUT2D eigenvalue weighted by molar-refractivity contribution is 0.737. The summed E-state index contributed by atoms with van der Waals surface area (Å²) in [4.78, 5) is 8.83. The van der Waals surface area contributed by atoms with Gasteiger partial charge in [0, 0.05) is 10.9 Å². The first-order valence-electron chi connectivity index (χ1n) is 6.78. The van der Waals surface area contributed by atoms with E-state index in [1.807, 2.05) is 43.3 Å². The SMILES string of the molecule is CC(N)Cc1ccc(Sc2nc3ccccc3[nH]2)c(Cl)c1. The minimum atomic E-state index is 0.134. The van der Waals surface area contributed by atoms with Gasteiger partial charge in [-0.15, -0.1) is 0 Å². The van der Waals surface area contributed by atoms with Gasteiger partial charge in [0.25, 0.3) is 0 Å². The van der Waals surface area contributed by atoms with E-state index in [1.54, 1.807) is 0 Å². The van der Waals surface area contributed by atoms with E-state index >= 15 is 0 Å². The Morgan fingerprint density at radius 1 is 1.29 bits per heavy atom. The molecule has 0 aliphatic rings. The van der Waals surface area contributed by atoms with Gasteiger partial charge >= 0.3 is 0 Å². The van der Waals surface area contributed by atoms with E-state index in [2.05, 4.69) is 16.0 Å². The number of nitrogens with zero attached hydrogens (tertiary/aromatic N) is 1. The predicted octanol–water partition coefficient (Wildman–Crippen LogP) is 4.26. The first-order valence-corrected chi connectivity index (χ1v) is 7.98. The molecular weight excluding hydrogens is 302 g/mol. The third-order valence-corrected chi connectivity index (χ3v) is 4.52. The second-order valence-corrected chi connectivity index (χ2v) is 6.55. The van der Waals surface area contributed by atoms with Crippen LogP contribution in [0.2, 0.25) is 5.02 Å². The number of aromatic nitrogens is 2. The molecule has 0 amide bonds. The molecule has 0 bridgehead atoms. The molecular formula is C16H16ClN3S. The highest BCUT2D eigenvalue weighted by molar-refractivity contribution is 7.99. The van der Waals surface area contributed by atoms with Crippen LogP contribution >= 0.6 is 23.4 Å². The summed E-state index contributed by atoms with van der Waals surface area (Å²) in [6.07, 6.45) is 0.829. The number of imidazole rings is 1. The molecule has 3 N–H and O–H groups in total. The lowest BCUT2D eigenvalue weighted by Crippen LogP contribution is -2.17. The van der Waals surface area contributed by atoms with Gasteiger partial charge in [-0.25, -0.2) is 4.98 Å². The number of halogens is 1. The molecule has 0 radical (unpaired) electrons. The summed E-state index contributed by atoms with van der Waals surface area (Å²) < 4.78 is 0. The second-order valence-electron chi connectivity index (χ2n) is 5.11. The largest absolute Gasteiger partial charge is 0.333 e. The Hall–Kier alpha value is -1.49. The molecule has 1 atom stereocenters. The number of para-hydroxylation sites is 2. The van der Waals surface area contributed by atoms with Gasteiger partial charge in [-0.1, -0.05) is 41.6 Å². The molecule has 3 rings (SSSR count). The monoisotopic (exact) mass is 317 g/mol. The third-order valence-electron chi connectivity index (χ3n) is 3.13. The number of aromatic amines is 1. The summed E-state index contributed by atoms with van der Waals surface area (Å²) in [6, 6.07) is 14.2. The van der Waals surface area contributed by atoms with Crippen molar-refractivity contribution in [3.63, 3.8) is 0 Å². The van der Waals surface area contributed by atoms with Gasteiger partial charge in [-0.05, 0) is 43.2 Å². The molecule has 1 aromatic heterocycles. The molecule has 3 nitrogen and oxygen atoms in total. The highest BCUT2D eigenvalue weighted by Crippen LogP contribution is 2.33. The lowest BCUT2D eigenvalue weighted by atomic mass is 10.1. The zero-order chi connectivity index (χ0) is 14.8. The first kappa shape index (κ1) is 14.4. The Balaban J connectivity index is 1.84. The smallest absolute Gasteiger partial charge is 0.171 e. The molecule has 2 aromatic carbocycles. The standard InChI is InChI=1S/C16H16ClN3S/c1-10(18)8-11-6-7-15(12(17)9-11)21-16-19-13-4-2-3-5-14(13)20-16/h2-7,9-10H,8,18H2,1H3,(H,19,20). The van der Waals surface area contributed by atoms with E-state index < -0.39 is 0 Å². The van der Waals surface area contributed by atoms with E-state index in [1.165, 1.54) is 11.8 Å². The maximum Gasteiger partial charge on any atom is 0.171 e. The van der Waals surface area contributed by atoms with Crippen LogP contribution < -0.4 is 5.73 Å². The topological polar surface area (TPSA) is 54.7 Å². The molecule has 108 valence electrons. The Morgan fingerprint density at radius 2 is 2.10 bits per heavy atom. The van der Waals surface area contributed by atoms with Crippen LogP contribution in [0, 0.1) is 0 Å². The Bertz CT molecular complexity index is 734. The summed E-state index contributed by atoms with van der Waals surface area (Å²) in [5.41, 5.74) is 8.97. The van der Waals surface area contributed by atoms with Crippen molar-refractivity contribution < 1.29 is 0 Å². The minimum absolute atomic E-state index is 0.134. The molecule has 0 aliphatic carbocycles. The van der Waals surface area contributed by atoms with Crippen LogP contribution in [-0.4, -0.2) is 16.0 Å². The van der Waals surface area contributed by atoms with Crippen molar-refractivity contribution in [2.24, 2.45) is 5.73 Å². The normalized spacial score (nSPS) is 12.7. The number of benzene rings is 2. The number of rotatable bonds is 4. The van der Waals surface area contributed by atoms with Gasteiger partial charge < -0.3 is 10.7 Å². The summed E-state index contributed by atoms with van der Waals surface area (Å²) in [6.45, 7) is 1.99. The van der Waals surface area contributed by atoms with Crippen molar-refractivity contribution in [2.45, 2.75) is 29.4 Å². The predicted molar refractivity (Wildman–Crippen MR) is 89.0 cm³/mol. The van der Waals surface area contributed by atoms with Gasteiger partial charge in [0.2, 0.25) is 0 Å².